The second-order valence-corrected chi connectivity index (χ2v) is 5.14. The molecule has 0 unspecified atom stereocenters. The number of benzene rings is 1. The van der Waals surface area contributed by atoms with Crippen LogP contribution in [0.2, 0.25) is 5.02 Å². The molecule has 106 valence electrons. The van der Waals surface area contributed by atoms with E-state index in [9.17, 15) is 0 Å². The Bertz CT molecular complexity index is 425. The Morgan fingerprint density at radius 3 is 2.84 bits per heavy atom. The van der Waals surface area contributed by atoms with Crippen LogP contribution in [0.4, 0.5) is 0 Å². The topological polar surface area (TPSA) is 41.9 Å². The predicted octanol–water partition coefficient (Wildman–Crippen LogP) is 1.97. The Labute approximate surface area is 118 Å². The molecule has 1 aromatic rings. The van der Waals surface area contributed by atoms with Crippen LogP contribution in [0.1, 0.15) is 12.0 Å². The van der Waals surface area contributed by atoms with Gasteiger partial charge in [0.1, 0.15) is 0 Å². The number of aliphatic hydroxyl groups excluding tert-OH is 1. The van der Waals surface area contributed by atoms with Gasteiger partial charge < -0.3 is 19.5 Å². The number of ether oxygens (including phenoxy) is 2. The van der Waals surface area contributed by atoms with Crippen molar-refractivity contribution in [3.05, 3.63) is 22.7 Å². The van der Waals surface area contributed by atoms with Gasteiger partial charge in [0.25, 0.3) is 0 Å². The first kappa shape index (κ1) is 14.4. The molecular weight excluding hydrogens is 266 g/mol. The fourth-order valence-electron chi connectivity index (χ4n) is 2.03. The predicted molar refractivity (Wildman–Crippen MR) is 75.3 cm³/mol. The molecule has 0 fully saturated rings. The van der Waals surface area contributed by atoms with E-state index in [4.69, 9.17) is 26.2 Å². The van der Waals surface area contributed by atoms with Crippen molar-refractivity contribution in [3.63, 3.8) is 0 Å². The molecule has 0 radical (unpaired) electrons. The zero-order valence-corrected chi connectivity index (χ0v) is 11.9. The van der Waals surface area contributed by atoms with Crippen LogP contribution >= 0.6 is 11.6 Å². The Balaban J connectivity index is 2.06. The zero-order valence-electron chi connectivity index (χ0n) is 11.2. The van der Waals surface area contributed by atoms with E-state index in [0.717, 1.165) is 30.7 Å². The summed E-state index contributed by atoms with van der Waals surface area (Å²) < 4.78 is 11.3. The maximum atomic E-state index is 8.87. The first-order chi connectivity index (χ1) is 9.20. The van der Waals surface area contributed by atoms with Gasteiger partial charge >= 0.3 is 0 Å². The third-order valence-corrected chi connectivity index (χ3v) is 3.41. The van der Waals surface area contributed by atoms with Crippen LogP contribution < -0.4 is 9.47 Å². The molecule has 19 heavy (non-hydrogen) atoms. The summed E-state index contributed by atoms with van der Waals surface area (Å²) in [6, 6.07) is 3.93. The lowest BCUT2D eigenvalue weighted by atomic mass is 10.1. The van der Waals surface area contributed by atoms with Crippen molar-refractivity contribution < 1.29 is 14.6 Å². The Morgan fingerprint density at radius 1 is 1.26 bits per heavy atom. The Morgan fingerprint density at radius 2 is 2.05 bits per heavy atom. The molecule has 1 heterocycles. The minimum atomic E-state index is 0.179. The molecule has 0 atom stereocenters. The zero-order chi connectivity index (χ0) is 13.7. The van der Waals surface area contributed by atoms with E-state index in [1.165, 1.54) is 0 Å². The van der Waals surface area contributed by atoms with Gasteiger partial charge in [0.2, 0.25) is 0 Å². The second kappa shape index (κ2) is 6.98. The van der Waals surface area contributed by atoms with Gasteiger partial charge in [0.05, 0.1) is 24.8 Å². The van der Waals surface area contributed by atoms with E-state index < -0.39 is 0 Å². The largest absolute Gasteiger partial charge is 0.489 e. The second-order valence-electron chi connectivity index (χ2n) is 4.73. The number of fused-ring (bicyclic) bond motifs is 1. The Hall–Kier alpha value is -0.970. The highest BCUT2D eigenvalue weighted by Gasteiger charge is 2.15. The van der Waals surface area contributed by atoms with Crippen molar-refractivity contribution in [1.29, 1.82) is 0 Å². The van der Waals surface area contributed by atoms with E-state index in [2.05, 4.69) is 4.90 Å². The minimum Gasteiger partial charge on any atom is -0.489 e. The fraction of sp³-hybridized carbons (Fsp3) is 0.571. The van der Waals surface area contributed by atoms with Crippen molar-refractivity contribution in [2.75, 3.05) is 40.0 Å². The molecule has 1 aliphatic heterocycles. The van der Waals surface area contributed by atoms with Crippen molar-refractivity contribution in [2.24, 2.45) is 0 Å². The van der Waals surface area contributed by atoms with Gasteiger partial charge in [-0.25, -0.2) is 0 Å². The molecule has 0 saturated carbocycles. The number of rotatable bonds is 5. The summed E-state index contributed by atoms with van der Waals surface area (Å²) in [7, 11) is 1.99. The molecular formula is C14H20ClNO3. The summed E-state index contributed by atoms with van der Waals surface area (Å²) in [5.74, 6) is 1.40. The van der Waals surface area contributed by atoms with Gasteiger partial charge in [0, 0.05) is 19.5 Å². The van der Waals surface area contributed by atoms with Gasteiger partial charge in [-0.3, -0.25) is 0 Å². The molecule has 1 aromatic carbocycles. The molecule has 2 rings (SSSR count). The summed E-state index contributed by atoms with van der Waals surface area (Å²) in [6.07, 6.45) is 1.74. The quantitative estimate of drug-likeness (QED) is 0.898. The molecule has 0 spiro atoms. The van der Waals surface area contributed by atoms with Crippen LogP contribution in [-0.2, 0) is 6.42 Å². The summed E-state index contributed by atoms with van der Waals surface area (Å²) in [5.41, 5.74) is 1.12. The lowest BCUT2D eigenvalue weighted by Crippen LogP contribution is -2.24. The minimum absolute atomic E-state index is 0.179. The van der Waals surface area contributed by atoms with Gasteiger partial charge in [-0.2, -0.15) is 0 Å². The molecule has 0 bridgehead atoms. The number of hydrogen-bond donors (Lipinski definition) is 1. The van der Waals surface area contributed by atoms with Crippen molar-refractivity contribution in [3.8, 4) is 11.5 Å². The average Bonchev–Trinajstić information content (AvgIpc) is 2.62. The van der Waals surface area contributed by atoms with E-state index >= 15 is 0 Å². The lowest BCUT2D eigenvalue weighted by molar-refractivity contribution is 0.223. The molecule has 1 aliphatic rings. The average molecular weight is 286 g/mol. The third kappa shape index (κ3) is 4.00. The fourth-order valence-corrected chi connectivity index (χ4v) is 2.32. The maximum Gasteiger partial charge on any atom is 0.179 e. The molecule has 5 heteroatoms. The number of halogens is 1. The van der Waals surface area contributed by atoms with Crippen molar-refractivity contribution >= 4 is 11.6 Å². The molecule has 0 aromatic heterocycles. The first-order valence-corrected chi connectivity index (χ1v) is 6.96. The van der Waals surface area contributed by atoms with E-state index in [-0.39, 0.29) is 6.61 Å². The van der Waals surface area contributed by atoms with Crippen LogP contribution in [0.15, 0.2) is 12.1 Å². The highest BCUT2D eigenvalue weighted by molar-refractivity contribution is 6.32. The van der Waals surface area contributed by atoms with Crippen LogP contribution in [0.25, 0.3) is 0 Å². The number of aliphatic hydroxyl groups is 1. The van der Waals surface area contributed by atoms with Gasteiger partial charge in [0.15, 0.2) is 11.5 Å². The summed E-state index contributed by atoms with van der Waals surface area (Å²) in [4.78, 5) is 2.08. The van der Waals surface area contributed by atoms with Gasteiger partial charge in [-0.15, -0.1) is 0 Å². The van der Waals surface area contributed by atoms with Crippen LogP contribution in [0.5, 0.6) is 11.5 Å². The summed E-state index contributed by atoms with van der Waals surface area (Å²) in [5, 5.41) is 9.48. The van der Waals surface area contributed by atoms with Gasteiger partial charge in [-0.1, -0.05) is 11.6 Å². The normalized spacial score (nSPS) is 14.5. The highest BCUT2D eigenvalue weighted by atomic mass is 35.5. The van der Waals surface area contributed by atoms with E-state index in [1.54, 1.807) is 0 Å². The molecule has 0 saturated heterocycles. The monoisotopic (exact) mass is 285 g/mol. The standard InChI is InChI=1S/C14H20ClNO3/c1-16(5-6-17)4-3-11-9-12(15)14-13(10-11)18-7-2-8-19-14/h9-10,17H,2-8H2,1H3. The Kier molecular flexibility index (Phi) is 5.31. The smallest absolute Gasteiger partial charge is 0.179 e. The lowest BCUT2D eigenvalue weighted by Gasteiger charge is -2.16. The SMILES string of the molecule is CN(CCO)CCc1cc(Cl)c2c(c1)OCCCO2. The number of likely N-dealkylation sites (N-methyl/N-ethyl adjacent to an activating group) is 1. The number of nitrogens with zero attached hydrogens (tertiary/aromatic N) is 1. The van der Waals surface area contributed by atoms with Crippen molar-refractivity contribution in [1.82, 2.24) is 4.90 Å². The molecule has 0 amide bonds. The summed E-state index contributed by atoms with van der Waals surface area (Å²) >= 11 is 6.24. The van der Waals surface area contributed by atoms with Crippen LogP contribution in [0.3, 0.4) is 0 Å². The molecule has 0 aliphatic carbocycles. The van der Waals surface area contributed by atoms with E-state index in [0.29, 0.717) is 30.5 Å². The van der Waals surface area contributed by atoms with Crippen molar-refractivity contribution in [2.45, 2.75) is 12.8 Å². The maximum absolute atomic E-state index is 8.87. The third-order valence-electron chi connectivity index (χ3n) is 3.13. The first-order valence-electron chi connectivity index (χ1n) is 6.58. The molecule has 4 nitrogen and oxygen atoms in total. The van der Waals surface area contributed by atoms with Crippen LogP contribution in [0, 0.1) is 0 Å². The van der Waals surface area contributed by atoms with Gasteiger partial charge in [-0.05, 0) is 31.2 Å². The van der Waals surface area contributed by atoms with E-state index in [1.807, 2.05) is 19.2 Å². The molecule has 1 N–H and O–H groups in total. The highest BCUT2D eigenvalue weighted by Crippen LogP contribution is 2.38. The number of hydrogen-bond acceptors (Lipinski definition) is 4. The van der Waals surface area contributed by atoms with Crippen LogP contribution in [-0.4, -0.2) is 50.0 Å². The summed E-state index contributed by atoms with van der Waals surface area (Å²) in [6.45, 7) is 3.04.